The molecule has 0 amide bonds. The molecule has 0 saturated carbocycles. The molecule has 0 saturated heterocycles. The summed E-state index contributed by atoms with van der Waals surface area (Å²) in [5, 5.41) is 24.4. The number of rotatable bonds is 14. The Hall–Kier alpha value is -4.10. The number of nitrogens with zero attached hydrogens (tertiary/aromatic N) is 4. The number of aryl methyl sites for hydroxylation is 2. The van der Waals surface area contributed by atoms with Crippen LogP contribution < -0.4 is 10.4 Å². The van der Waals surface area contributed by atoms with E-state index >= 15 is 0 Å². The van der Waals surface area contributed by atoms with Crippen molar-refractivity contribution in [2.75, 3.05) is 0 Å². The molecule has 2 aromatic carbocycles. The van der Waals surface area contributed by atoms with Crippen molar-refractivity contribution in [1.29, 1.82) is 10.5 Å². The Morgan fingerprint density at radius 2 is 1.24 bits per heavy atom. The van der Waals surface area contributed by atoms with E-state index in [0.29, 0.717) is 16.0 Å². The van der Waals surface area contributed by atoms with Gasteiger partial charge in [0.25, 0.3) is 11.4 Å². The second kappa shape index (κ2) is 15.2. The van der Waals surface area contributed by atoms with E-state index in [4.69, 9.17) is 17.6 Å². The highest BCUT2D eigenvalue weighted by molar-refractivity contribution is 7.19. The van der Waals surface area contributed by atoms with E-state index in [1.54, 1.807) is 11.3 Å². The number of benzene rings is 2. The molecule has 4 rings (SSSR count). The van der Waals surface area contributed by atoms with Gasteiger partial charge in [-0.1, -0.05) is 90.2 Å². The second-order valence-corrected chi connectivity index (χ2v) is 12.2. The molecule has 0 fully saturated rings. The molecule has 214 valence electrons. The van der Waals surface area contributed by atoms with E-state index in [1.807, 2.05) is 18.2 Å². The van der Waals surface area contributed by atoms with Crippen LogP contribution >= 0.6 is 11.3 Å². The number of unbranched alkanes of at least 4 members (excludes halogenated alkanes) is 10. The molecule has 0 aliphatic heterocycles. The summed E-state index contributed by atoms with van der Waals surface area (Å²) in [6, 6.07) is 12.3. The highest BCUT2D eigenvalue weighted by Crippen LogP contribution is 2.35. The van der Waals surface area contributed by atoms with Crippen LogP contribution in [0.5, 0.6) is 0 Å². The van der Waals surface area contributed by atoms with E-state index in [0.717, 1.165) is 64.1 Å². The lowest BCUT2D eigenvalue weighted by molar-refractivity contribution is 0.520. The van der Waals surface area contributed by atoms with Crippen molar-refractivity contribution in [3.63, 3.8) is 0 Å². The van der Waals surface area contributed by atoms with Crippen molar-refractivity contribution in [2.45, 2.75) is 104 Å². The van der Waals surface area contributed by atoms with Gasteiger partial charge in [0.15, 0.2) is 0 Å². The van der Waals surface area contributed by atoms with Gasteiger partial charge >= 0.3 is 0 Å². The Balaban J connectivity index is 1.88. The summed E-state index contributed by atoms with van der Waals surface area (Å²) >= 11 is 1.65. The standard InChI is InChI=1S/C36H38N4OS/c1-5-7-9-11-13-15-17-25-19-29-27-22-32(34(24-38)40-4)36-30(20-26(42-36)18-16-14-12-10-8-6-2)28(27)21-31(35(29)41-25)33(23-37)39-3/h19-22H,5-18H2,1-2H3/b33-31-,34-32+. The Morgan fingerprint density at radius 3 is 1.86 bits per heavy atom. The van der Waals surface area contributed by atoms with Gasteiger partial charge in [-0.15, -0.1) is 11.3 Å². The fourth-order valence-electron chi connectivity index (χ4n) is 5.75. The molecule has 0 atom stereocenters. The van der Waals surface area contributed by atoms with Crippen LogP contribution in [0.2, 0.25) is 0 Å². The first kappa shape index (κ1) is 30.8. The number of nitriles is 2. The van der Waals surface area contributed by atoms with Gasteiger partial charge in [-0.3, -0.25) is 0 Å². The Kier molecular flexibility index (Phi) is 11.2. The lowest BCUT2D eigenvalue weighted by Crippen LogP contribution is -2.08. The summed E-state index contributed by atoms with van der Waals surface area (Å²) in [7, 11) is 0. The van der Waals surface area contributed by atoms with E-state index in [1.165, 1.54) is 62.7 Å². The maximum Gasteiger partial charge on any atom is 0.272 e. The van der Waals surface area contributed by atoms with Crippen molar-refractivity contribution >= 4 is 54.6 Å². The molecule has 6 heteroatoms. The summed E-state index contributed by atoms with van der Waals surface area (Å²) in [5.74, 6) is 0.835. The van der Waals surface area contributed by atoms with E-state index in [-0.39, 0.29) is 11.4 Å². The fraction of sp³-hybridized carbons (Fsp3) is 0.444. The van der Waals surface area contributed by atoms with Crippen molar-refractivity contribution in [2.24, 2.45) is 0 Å². The topological polar surface area (TPSA) is 69.4 Å². The molecule has 2 aromatic heterocycles. The lowest BCUT2D eigenvalue weighted by atomic mass is 9.99. The summed E-state index contributed by atoms with van der Waals surface area (Å²) in [6.07, 6.45) is 16.1. The minimum atomic E-state index is 0.00700. The normalized spacial score (nSPS) is 12.6. The number of thiophene rings is 1. The molecule has 0 aliphatic carbocycles. The van der Waals surface area contributed by atoms with Crippen LogP contribution in [0.3, 0.4) is 0 Å². The molecule has 0 N–H and O–H groups in total. The van der Waals surface area contributed by atoms with E-state index in [2.05, 4.69) is 41.7 Å². The molecule has 4 aromatic rings. The largest absolute Gasteiger partial charge is 0.462 e. The number of hydrogen-bond donors (Lipinski definition) is 0. The predicted molar refractivity (Wildman–Crippen MR) is 174 cm³/mol. The lowest BCUT2D eigenvalue weighted by Gasteiger charge is -2.04. The van der Waals surface area contributed by atoms with Gasteiger partial charge < -0.3 is 4.42 Å². The third-order valence-electron chi connectivity index (χ3n) is 8.00. The molecule has 42 heavy (non-hydrogen) atoms. The SMILES string of the molecule is [C-]#[N+]/C(C#N)=c1/cc2c3cc(CCCCCCCC)sc3/c(=C(\C#N)[N+]#[C-])cc2c2cc(CCCCCCCC)oc12. The fourth-order valence-corrected chi connectivity index (χ4v) is 6.98. The smallest absolute Gasteiger partial charge is 0.272 e. The minimum absolute atomic E-state index is 0.00700. The monoisotopic (exact) mass is 574 g/mol. The van der Waals surface area contributed by atoms with Crippen molar-refractivity contribution < 1.29 is 4.42 Å². The first-order valence-electron chi connectivity index (χ1n) is 15.3. The molecule has 0 aliphatic rings. The molecule has 0 radical (unpaired) electrons. The van der Waals surface area contributed by atoms with Crippen molar-refractivity contribution in [3.8, 4) is 12.1 Å². The zero-order valence-corrected chi connectivity index (χ0v) is 25.6. The molecular formula is C36H38N4OS. The number of hydrogen-bond acceptors (Lipinski definition) is 4. The molecule has 0 bridgehead atoms. The molecule has 0 unspecified atom stereocenters. The van der Waals surface area contributed by atoms with Gasteiger partial charge in [0.2, 0.25) is 0 Å². The van der Waals surface area contributed by atoms with Crippen LogP contribution in [-0.2, 0) is 12.8 Å². The Bertz CT molecular complexity index is 1690. The average molecular weight is 575 g/mol. The summed E-state index contributed by atoms with van der Waals surface area (Å²) in [5.41, 5.74) is 0.617. The van der Waals surface area contributed by atoms with E-state index < -0.39 is 0 Å². The van der Waals surface area contributed by atoms with Crippen LogP contribution in [0.4, 0.5) is 0 Å². The van der Waals surface area contributed by atoms with Crippen LogP contribution in [0, 0.1) is 35.8 Å². The number of furan rings is 1. The molecule has 0 spiro atoms. The Labute approximate surface area is 253 Å². The summed E-state index contributed by atoms with van der Waals surface area (Å²) < 4.78 is 7.25. The third kappa shape index (κ3) is 6.85. The average Bonchev–Trinajstić information content (AvgIpc) is 3.63. The van der Waals surface area contributed by atoms with Gasteiger partial charge in [0.1, 0.15) is 11.3 Å². The third-order valence-corrected chi connectivity index (χ3v) is 9.23. The second-order valence-electron chi connectivity index (χ2n) is 11.0. The van der Waals surface area contributed by atoms with Gasteiger partial charge in [0, 0.05) is 31.8 Å². The highest BCUT2D eigenvalue weighted by Gasteiger charge is 2.17. The molecule has 2 heterocycles. The van der Waals surface area contributed by atoms with Crippen LogP contribution in [0.25, 0.3) is 52.9 Å². The van der Waals surface area contributed by atoms with Crippen LogP contribution in [0.1, 0.15) is 102 Å². The number of fused-ring (bicyclic) bond motifs is 5. The van der Waals surface area contributed by atoms with Gasteiger partial charge in [-0.05, 0) is 47.6 Å². The van der Waals surface area contributed by atoms with E-state index in [9.17, 15) is 10.5 Å². The maximum absolute atomic E-state index is 9.85. The zero-order valence-electron chi connectivity index (χ0n) is 24.8. The Morgan fingerprint density at radius 1 is 0.690 bits per heavy atom. The van der Waals surface area contributed by atoms with Crippen LogP contribution in [0.15, 0.2) is 28.7 Å². The zero-order chi connectivity index (χ0) is 29.9. The van der Waals surface area contributed by atoms with Gasteiger partial charge in [0.05, 0.1) is 25.3 Å². The van der Waals surface area contributed by atoms with Gasteiger partial charge in [-0.25, -0.2) is 20.2 Å². The summed E-state index contributed by atoms with van der Waals surface area (Å²) in [4.78, 5) is 8.34. The summed E-state index contributed by atoms with van der Waals surface area (Å²) in [6.45, 7) is 19.8. The van der Waals surface area contributed by atoms with Crippen molar-refractivity contribution in [3.05, 3.63) is 68.2 Å². The first-order chi connectivity index (χ1) is 20.6. The predicted octanol–water partition coefficient (Wildman–Crippen LogP) is 9.71. The maximum atomic E-state index is 9.85. The van der Waals surface area contributed by atoms with Crippen LogP contribution in [-0.4, -0.2) is 0 Å². The first-order valence-corrected chi connectivity index (χ1v) is 16.2. The highest BCUT2D eigenvalue weighted by atomic mass is 32.1. The molecular weight excluding hydrogens is 536 g/mol. The quantitative estimate of drug-likeness (QED) is 0.111. The molecule has 5 nitrogen and oxygen atoms in total. The minimum Gasteiger partial charge on any atom is -0.462 e. The van der Waals surface area contributed by atoms with Gasteiger partial charge in [-0.2, -0.15) is 0 Å². The van der Waals surface area contributed by atoms with Crippen molar-refractivity contribution in [1.82, 2.24) is 0 Å².